The molecule has 0 N–H and O–H groups in total. The van der Waals surface area contributed by atoms with Crippen molar-refractivity contribution in [1.82, 2.24) is 15.2 Å². The zero-order valence-electron chi connectivity index (χ0n) is 41.9. The van der Waals surface area contributed by atoms with Crippen LogP contribution < -0.4 is 0 Å². The van der Waals surface area contributed by atoms with Gasteiger partial charge in [-0.1, -0.05) is 89.2 Å². The van der Waals surface area contributed by atoms with E-state index in [9.17, 15) is 14.4 Å². The Morgan fingerprint density at radius 3 is 1.06 bits per heavy atom. The van der Waals surface area contributed by atoms with Crippen molar-refractivity contribution < 1.29 is 43.1 Å². The summed E-state index contributed by atoms with van der Waals surface area (Å²) in [5.41, 5.74) is 0.832. The zero-order valence-corrected chi connectivity index (χ0v) is 41.9. The van der Waals surface area contributed by atoms with Crippen LogP contribution in [0.2, 0.25) is 0 Å². The average molecular weight is 894 g/mol. The molecule has 12 heteroatoms. The van der Waals surface area contributed by atoms with E-state index in [-0.39, 0.29) is 89.4 Å². The first kappa shape index (κ1) is 51.8. The first-order valence-electron chi connectivity index (χ1n) is 24.7. The molecule has 0 spiro atoms. The van der Waals surface area contributed by atoms with E-state index in [0.29, 0.717) is 86.5 Å². The predicted molar refractivity (Wildman–Crippen MR) is 251 cm³/mol. The van der Waals surface area contributed by atoms with Gasteiger partial charge in [-0.2, -0.15) is 15.2 Å². The van der Waals surface area contributed by atoms with Gasteiger partial charge in [0.05, 0.1) is 36.5 Å². The number of carbonyl (C=O) groups excluding carboxylic acids is 3. The molecule has 3 saturated heterocycles. The number of piperidine rings is 3. The Kier molecular flexibility index (Phi) is 18.7. The van der Waals surface area contributed by atoms with Gasteiger partial charge in [0.25, 0.3) is 0 Å². The van der Waals surface area contributed by atoms with Crippen LogP contribution >= 0.6 is 0 Å². The van der Waals surface area contributed by atoms with Crippen LogP contribution in [0, 0.1) is 35.5 Å². The van der Waals surface area contributed by atoms with E-state index in [1.165, 1.54) is 0 Å². The number of rotatable bonds is 18. The summed E-state index contributed by atoms with van der Waals surface area (Å²) in [6.07, 6.45) is 2.78. The number of esters is 3. The third-order valence-corrected chi connectivity index (χ3v) is 13.9. The molecule has 360 valence electrons. The molecule has 0 aliphatic carbocycles. The number of hydrogen-bond acceptors (Lipinski definition) is 12. The highest BCUT2D eigenvalue weighted by atomic mass is 16.7. The number of hydroxylamine groups is 6. The van der Waals surface area contributed by atoms with Crippen molar-refractivity contribution in [3.63, 3.8) is 0 Å². The number of carbonyl (C=O) groups is 3. The minimum atomic E-state index is -0.519. The summed E-state index contributed by atoms with van der Waals surface area (Å²) < 4.78 is 19.1. The minimum absolute atomic E-state index is 0.0574. The lowest BCUT2D eigenvalue weighted by molar-refractivity contribution is -0.250. The van der Waals surface area contributed by atoms with Crippen LogP contribution in [0.1, 0.15) is 173 Å². The first-order chi connectivity index (χ1) is 30.3. The number of benzene rings is 2. The maximum absolute atomic E-state index is 14.6. The largest absolute Gasteiger partial charge is 0.459 e. The van der Waals surface area contributed by atoms with Crippen LogP contribution in [-0.2, 0) is 28.7 Å². The maximum atomic E-state index is 14.6. The lowest BCUT2D eigenvalue weighted by Crippen LogP contribution is -2.55. The molecule has 0 radical (unpaired) electrons. The van der Waals surface area contributed by atoms with Gasteiger partial charge in [-0.05, 0) is 91.3 Å². The average Bonchev–Trinajstić information content (AvgIpc) is 3.23. The number of nitrogens with zero attached hydrogens (tertiary/aromatic N) is 3. The Morgan fingerprint density at radius 2 is 0.750 bits per heavy atom. The second kappa shape index (κ2) is 23.1. The highest BCUT2D eigenvalue weighted by molar-refractivity contribution is 6.09. The van der Waals surface area contributed by atoms with Crippen LogP contribution in [0.4, 0.5) is 0 Å². The summed E-state index contributed by atoms with van der Waals surface area (Å²) in [6, 6.07) is 8.98. The molecule has 6 unspecified atom stereocenters. The second-order valence-corrected chi connectivity index (χ2v) is 20.7. The first-order valence-corrected chi connectivity index (χ1v) is 24.7. The lowest BCUT2D eigenvalue weighted by Gasteiger charge is -2.47. The summed E-state index contributed by atoms with van der Waals surface area (Å²) in [5.74, 6) is 0.176. The topological polar surface area (TPSA) is 116 Å². The number of ether oxygens (including phenoxy) is 3. The molecule has 3 aliphatic rings. The van der Waals surface area contributed by atoms with Crippen molar-refractivity contribution in [1.29, 1.82) is 0 Å². The van der Waals surface area contributed by atoms with Crippen LogP contribution in [0.5, 0.6) is 0 Å². The van der Waals surface area contributed by atoms with Gasteiger partial charge in [0.1, 0.15) is 18.3 Å². The lowest BCUT2D eigenvalue weighted by atomic mass is 9.84. The van der Waals surface area contributed by atoms with Gasteiger partial charge in [0.2, 0.25) is 0 Å². The van der Waals surface area contributed by atoms with Gasteiger partial charge in [-0.25, -0.2) is 14.4 Å². The molecule has 6 atom stereocenters. The normalized spacial score (nSPS) is 27.7. The molecule has 12 nitrogen and oxygen atoms in total. The van der Waals surface area contributed by atoms with E-state index in [2.05, 4.69) is 98.3 Å². The number of fused-ring (bicyclic) bond motifs is 1. The summed E-state index contributed by atoms with van der Waals surface area (Å²) in [7, 11) is 0. The highest BCUT2D eigenvalue weighted by Crippen LogP contribution is 2.38. The van der Waals surface area contributed by atoms with Crippen LogP contribution in [-0.4, -0.2) is 107 Å². The summed E-state index contributed by atoms with van der Waals surface area (Å²) in [6.45, 7) is 33.8. The van der Waals surface area contributed by atoms with E-state index in [1.807, 2.05) is 20.8 Å². The summed E-state index contributed by atoms with van der Waals surface area (Å²) in [4.78, 5) is 61.6. The third-order valence-electron chi connectivity index (χ3n) is 13.9. The monoisotopic (exact) mass is 894 g/mol. The Balaban J connectivity index is 1.49. The molecule has 2 aromatic carbocycles. The molecular formula is C52H83N3O9. The Bertz CT molecular complexity index is 1790. The van der Waals surface area contributed by atoms with Crippen molar-refractivity contribution in [3.8, 4) is 0 Å². The standard InChI is InChI=1S/C52H83N3O9/c1-16-59-53-44(30(4)5)24-39(25-45(53)31(6)7)62-50(56)36-19-20-42-37(21-36)22-38(51(57)63-40-26-46(32(8)9)54(60-17-2)47(27-40)33(10)11)23-43(42)52(58)64-41-28-48(34(12)13)55(61-18-3)49(29-41)35(14)15/h19-23,30-35,39-41,44-49H,16-18,24-29H2,1-15H3. The predicted octanol–water partition coefficient (Wildman–Crippen LogP) is 10.7. The SMILES string of the molecule is CCON1C(C(C)C)CC(OC(=O)c2ccc3c(C(=O)OC4CC(C(C)C)N(OCC)C(C(C)C)C4)cc(C(=O)OC4CC(C(C)C)N(OCC)C(C(C)C)C4)cc3c2)CC1C(C)C. The van der Waals surface area contributed by atoms with E-state index < -0.39 is 17.9 Å². The molecule has 2 aromatic rings. The molecular weight excluding hydrogens is 811 g/mol. The Hall–Kier alpha value is -3.13. The third kappa shape index (κ3) is 12.2. The van der Waals surface area contributed by atoms with Gasteiger partial charge in [0, 0.05) is 74.8 Å². The fraction of sp³-hybridized carbons (Fsp3) is 0.750. The second-order valence-electron chi connectivity index (χ2n) is 20.7. The van der Waals surface area contributed by atoms with Crippen LogP contribution in [0.15, 0.2) is 30.3 Å². The molecule has 0 aromatic heterocycles. The van der Waals surface area contributed by atoms with Gasteiger partial charge in [-0.3, -0.25) is 14.5 Å². The van der Waals surface area contributed by atoms with E-state index >= 15 is 0 Å². The van der Waals surface area contributed by atoms with Gasteiger partial charge < -0.3 is 14.2 Å². The molecule has 3 fully saturated rings. The molecule has 0 amide bonds. The summed E-state index contributed by atoms with van der Waals surface area (Å²) >= 11 is 0. The zero-order chi connectivity index (χ0) is 47.2. The van der Waals surface area contributed by atoms with E-state index in [4.69, 9.17) is 28.7 Å². The molecule has 3 heterocycles. The molecule has 0 bridgehead atoms. The van der Waals surface area contributed by atoms with Crippen LogP contribution in [0.3, 0.4) is 0 Å². The van der Waals surface area contributed by atoms with E-state index in [1.54, 1.807) is 30.3 Å². The summed E-state index contributed by atoms with van der Waals surface area (Å²) in [5, 5.41) is 7.54. The van der Waals surface area contributed by atoms with Crippen LogP contribution in [0.25, 0.3) is 10.8 Å². The van der Waals surface area contributed by atoms with Gasteiger partial charge in [-0.15, -0.1) is 0 Å². The van der Waals surface area contributed by atoms with Gasteiger partial charge in [0.15, 0.2) is 0 Å². The Morgan fingerprint density at radius 1 is 0.453 bits per heavy atom. The minimum Gasteiger partial charge on any atom is -0.459 e. The highest BCUT2D eigenvalue weighted by Gasteiger charge is 2.44. The van der Waals surface area contributed by atoms with Crippen molar-refractivity contribution in [2.45, 2.75) is 197 Å². The van der Waals surface area contributed by atoms with Crippen molar-refractivity contribution in [2.24, 2.45) is 35.5 Å². The van der Waals surface area contributed by atoms with Crippen molar-refractivity contribution in [2.75, 3.05) is 19.8 Å². The maximum Gasteiger partial charge on any atom is 0.339 e. The van der Waals surface area contributed by atoms with E-state index in [0.717, 1.165) is 0 Å². The molecule has 64 heavy (non-hydrogen) atoms. The smallest absolute Gasteiger partial charge is 0.339 e. The Labute approximate surface area is 385 Å². The quantitative estimate of drug-likeness (QED) is 0.105. The van der Waals surface area contributed by atoms with Gasteiger partial charge >= 0.3 is 17.9 Å². The fourth-order valence-electron chi connectivity index (χ4n) is 10.4. The molecule has 3 aliphatic heterocycles. The molecule has 0 saturated carbocycles. The molecule has 5 rings (SSSR count). The van der Waals surface area contributed by atoms with Crippen molar-refractivity contribution >= 4 is 28.7 Å². The number of hydrogen-bond donors (Lipinski definition) is 0. The van der Waals surface area contributed by atoms with Crippen molar-refractivity contribution in [3.05, 3.63) is 47.0 Å². The fourth-order valence-corrected chi connectivity index (χ4v) is 10.4.